The summed E-state index contributed by atoms with van der Waals surface area (Å²) in [7, 11) is 0. The minimum Gasteiger partial charge on any atom is -0.507 e. The lowest BCUT2D eigenvalue weighted by molar-refractivity contribution is -0.114. The Labute approximate surface area is 143 Å². The van der Waals surface area contributed by atoms with Crippen LogP contribution in [0.4, 0.5) is 0 Å². The van der Waals surface area contributed by atoms with E-state index < -0.39 is 0 Å². The standard InChI is InChI=1S/C21H12N2O2/c22-23-20-16-7-5-12-9-13(24)6-8-14(12)18(16)19-17(20)10-11-3-1-2-4-15(11)21(19)25/h1-8,10,14H,9H2/p+1. The molecule has 0 radical (unpaired) electrons. The van der Waals surface area contributed by atoms with Crippen LogP contribution < -0.4 is 10.4 Å². The topological polar surface area (TPSA) is 65.4 Å². The van der Waals surface area contributed by atoms with Crippen molar-refractivity contribution in [2.45, 2.75) is 6.42 Å². The molecule has 0 heterocycles. The predicted molar refractivity (Wildman–Crippen MR) is 95.2 cm³/mol. The number of aromatic hydroxyl groups is 1. The quantitative estimate of drug-likeness (QED) is 0.757. The number of phenolic OH excluding ortho intramolecular Hbond substituents is 1. The molecular weight excluding hydrogens is 312 g/mol. The maximum Gasteiger partial charge on any atom is 0.400 e. The summed E-state index contributed by atoms with van der Waals surface area (Å²) >= 11 is 0. The Balaban J connectivity index is 1.99. The molecule has 3 aliphatic carbocycles. The van der Waals surface area contributed by atoms with Crippen molar-refractivity contribution in [2.24, 2.45) is 5.92 Å². The number of fused-ring (bicyclic) bond motifs is 5. The van der Waals surface area contributed by atoms with Crippen LogP contribution in [0.25, 0.3) is 27.0 Å². The van der Waals surface area contributed by atoms with E-state index in [1.165, 1.54) is 0 Å². The molecule has 2 aromatic rings. The highest BCUT2D eigenvalue weighted by molar-refractivity contribution is 6.02. The molecule has 5 rings (SSSR count). The summed E-state index contributed by atoms with van der Waals surface area (Å²) < 4.78 is 0. The number of carbonyl (C=O) groups is 1. The normalized spacial score (nSPS) is 20.6. The van der Waals surface area contributed by atoms with Gasteiger partial charge in [0.05, 0.1) is 10.8 Å². The molecule has 1 atom stereocenters. The molecule has 0 aromatic heterocycles. The van der Waals surface area contributed by atoms with E-state index in [-0.39, 0.29) is 17.5 Å². The van der Waals surface area contributed by atoms with E-state index in [0.29, 0.717) is 17.3 Å². The van der Waals surface area contributed by atoms with Crippen LogP contribution in [-0.4, -0.2) is 10.9 Å². The molecule has 0 spiro atoms. The highest BCUT2D eigenvalue weighted by Crippen LogP contribution is 2.42. The minimum atomic E-state index is -0.0808. The lowest BCUT2D eigenvalue weighted by Crippen LogP contribution is -2.27. The average Bonchev–Trinajstić information content (AvgIpc) is 2.95. The van der Waals surface area contributed by atoms with Crippen LogP contribution in [0.5, 0.6) is 5.75 Å². The maximum atomic E-state index is 11.7. The number of ketones is 1. The van der Waals surface area contributed by atoms with Crippen molar-refractivity contribution in [1.29, 1.82) is 5.39 Å². The van der Waals surface area contributed by atoms with Gasteiger partial charge in [-0.15, -0.1) is 0 Å². The number of hydrogen-bond donors (Lipinski definition) is 1. The minimum absolute atomic E-state index is 0.0805. The van der Waals surface area contributed by atoms with Crippen LogP contribution in [0.1, 0.15) is 6.42 Å². The number of phenols is 1. The van der Waals surface area contributed by atoms with Crippen LogP contribution in [0.3, 0.4) is 0 Å². The Bertz CT molecular complexity index is 1250. The van der Waals surface area contributed by atoms with Crippen LogP contribution >= 0.6 is 0 Å². The van der Waals surface area contributed by atoms with Gasteiger partial charge in [0.25, 0.3) is 0 Å². The SMILES string of the molecule is N#[N+]C1=c2cc3ccccc3c(O)c2=C2C1=CC=C1CC(=O)C=CC12. The zero-order valence-corrected chi connectivity index (χ0v) is 13.2. The molecule has 0 aliphatic heterocycles. The van der Waals surface area contributed by atoms with E-state index in [9.17, 15) is 15.3 Å². The molecule has 4 nitrogen and oxygen atoms in total. The van der Waals surface area contributed by atoms with Crippen LogP contribution in [0.15, 0.2) is 65.8 Å². The van der Waals surface area contributed by atoms with Crippen molar-refractivity contribution in [1.82, 2.24) is 0 Å². The van der Waals surface area contributed by atoms with Crippen molar-refractivity contribution >= 4 is 27.8 Å². The second-order valence-electron chi connectivity index (χ2n) is 6.53. The van der Waals surface area contributed by atoms with Crippen molar-refractivity contribution in [3.05, 3.63) is 81.2 Å². The Kier molecular flexibility index (Phi) is 2.66. The fraction of sp³-hybridized carbons (Fsp3) is 0.0952. The Hall–Kier alpha value is -3.45. The fourth-order valence-electron chi connectivity index (χ4n) is 4.13. The molecule has 118 valence electrons. The average molecular weight is 325 g/mol. The van der Waals surface area contributed by atoms with E-state index in [1.807, 2.05) is 48.6 Å². The lowest BCUT2D eigenvalue weighted by atomic mass is 9.77. The van der Waals surface area contributed by atoms with Gasteiger partial charge in [0.2, 0.25) is 5.39 Å². The molecule has 2 aromatic carbocycles. The number of allylic oxidation sites excluding steroid dienone is 5. The van der Waals surface area contributed by atoms with Gasteiger partial charge in [0.15, 0.2) is 10.8 Å². The van der Waals surface area contributed by atoms with E-state index in [0.717, 1.165) is 32.7 Å². The molecule has 1 N–H and O–H groups in total. The molecule has 4 heteroatoms. The fourth-order valence-corrected chi connectivity index (χ4v) is 4.13. The van der Waals surface area contributed by atoms with E-state index in [2.05, 4.69) is 4.98 Å². The van der Waals surface area contributed by atoms with Gasteiger partial charge in [-0.25, -0.2) is 0 Å². The first kappa shape index (κ1) is 13.9. The van der Waals surface area contributed by atoms with E-state index in [4.69, 9.17) is 0 Å². The monoisotopic (exact) mass is 325 g/mol. The summed E-state index contributed by atoms with van der Waals surface area (Å²) in [5, 5.41) is 23.7. The highest BCUT2D eigenvalue weighted by atomic mass is 16.3. The largest absolute Gasteiger partial charge is 0.507 e. The molecule has 0 saturated carbocycles. The number of hydrogen-bond acceptors (Lipinski definition) is 3. The number of carbonyl (C=O) groups excluding carboxylic acids is 1. The van der Waals surface area contributed by atoms with Crippen molar-refractivity contribution < 1.29 is 9.90 Å². The van der Waals surface area contributed by atoms with Crippen LogP contribution in [0.2, 0.25) is 0 Å². The second-order valence-corrected chi connectivity index (χ2v) is 6.53. The third-order valence-corrected chi connectivity index (χ3v) is 5.22. The first-order chi connectivity index (χ1) is 12.2. The third kappa shape index (κ3) is 1.75. The second kappa shape index (κ2) is 4.78. The van der Waals surface area contributed by atoms with Gasteiger partial charge in [0.1, 0.15) is 5.75 Å². The van der Waals surface area contributed by atoms with Gasteiger partial charge in [-0.1, -0.05) is 42.0 Å². The summed E-state index contributed by atoms with van der Waals surface area (Å²) in [5.41, 5.74) is 3.18. The van der Waals surface area contributed by atoms with Crippen molar-refractivity contribution in [3.8, 4) is 5.75 Å². The molecule has 3 aliphatic rings. The molecule has 0 fully saturated rings. The van der Waals surface area contributed by atoms with Gasteiger partial charge in [-0.2, -0.15) is 0 Å². The van der Waals surface area contributed by atoms with Gasteiger partial charge in [-0.3, -0.25) is 4.79 Å². The summed E-state index contributed by atoms with van der Waals surface area (Å²) in [5.74, 6) is 0.193. The molecule has 0 saturated heterocycles. The number of benzene rings is 2. The third-order valence-electron chi connectivity index (χ3n) is 5.22. The number of rotatable bonds is 0. The molecule has 0 amide bonds. The summed E-state index contributed by atoms with van der Waals surface area (Å²) in [4.78, 5) is 15.3. The summed E-state index contributed by atoms with van der Waals surface area (Å²) in [6.45, 7) is 0. The number of nitrogens with zero attached hydrogens (tertiary/aromatic N) is 2. The van der Waals surface area contributed by atoms with Gasteiger partial charge >= 0.3 is 5.70 Å². The lowest BCUT2D eigenvalue weighted by Gasteiger charge is -2.24. The van der Waals surface area contributed by atoms with Crippen molar-refractivity contribution in [3.63, 3.8) is 0 Å². The predicted octanol–water partition coefficient (Wildman–Crippen LogP) is 2.68. The molecule has 25 heavy (non-hydrogen) atoms. The molecule has 0 bridgehead atoms. The number of diazo groups is 1. The Morgan fingerprint density at radius 1 is 1.20 bits per heavy atom. The maximum absolute atomic E-state index is 11.7. The first-order valence-corrected chi connectivity index (χ1v) is 8.16. The van der Waals surface area contributed by atoms with Gasteiger partial charge < -0.3 is 5.11 Å². The zero-order chi connectivity index (χ0) is 17.1. The Morgan fingerprint density at radius 3 is 2.88 bits per heavy atom. The first-order valence-electron chi connectivity index (χ1n) is 8.16. The Morgan fingerprint density at radius 2 is 2.04 bits per heavy atom. The highest BCUT2D eigenvalue weighted by Gasteiger charge is 2.38. The molecular formula is C21H13N2O2+. The van der Waals surface area contributed by atoms with Crippen LogP contribution in [-0.2, 0) is 4.79 Å². The molecule has 1 unspecified atom stereocenters. The van der Waals surface area contributed by atoms with Gasteiger partial charge in [0, 0.05) is 22.9 Å². The zero-order valence-electron chi connectivity index (χ0n) is 13.2. The summed E-state index contributed by atoms with van der Waals surface area (Å²) in [6.07, 6.45) is 7.66. The van der Waals surface area contributed by atoms with Crippen LogP contribution in [0, 0.1) is 11.3 Å². The van der Waals surface area contributed by atoms with E-state index >= 15 is 0 Å². The smallest absolute Gasteiger partial charge is 0.400 e. The van der Waals surface area contributed by atoms with Gasteiger partial charge in [-0.05, 0) is 29.2 Å². The van der Waals surface area contributed by atoms with E-state index in [1.54, 1.807) is 6.08 Å². The van der Waals surface area contributed by atoms with Crippen molar-refractivity contribution in [2.75, 3.05) is 0 Å². The summed E-state index contributed by atoms with van der Waals surface area (Å²) in [6, 6.07) is 9.55.